The van der Waals surface area contributed by atoms with E-state index in [0.717, 1.165) is 0 Å². The van der Waals surface area contributed by atoms with Gasteiger partial charge >= 0.3 is 0 Å². The number of hydrogen-bond acceptors (Lipinski definition) is 0. The molecule has 0 aliphatic heterocycles. The maximum absolute atomic E-state index is 15.3. The summed E-state index contributed by atoms with van der Waals surface area (Å²) < 4.78 is 205. The average molecular weight is 582 g/mol. The maximum Gasteiger partial charge on any atom is 0.198 e. The van der Waals surface area contributed by atoms with Gasteiger partial charge in [0.2, 0.25) is 0 Å². The Morgan fingerprint density at radius 2 is 0.650 bits per heavy atom. The van der Waals surface area contributed by atoms with E-state index in [1.165, 1.54) is 0 Å². The topological polar surface area (TPSA) is 0 Å². The lowest BCUT2D eigenvalue weighted by atomic mass is 9.84. The van der Waals surface area contributed by atoms with Crippen LogP contribution >= 0.6 is 0 Å². The first-order chi connectivity index (χ1) is 18.7. The van der Waals surface area contributed by atoms with E-state index in [4.69, 9.17) is 0 Å². The van der Waals surface area contributed by atoms with Crippen molar-refractivity contribution >= 4 is 21.5 Å². The summed E-state index contributed by atoms with van der Waals surface area (Å²) in [6, 6.07) is 0.443. The Morgan fingerprint density at radius 1 is 0.275 bits per heavy atom. The highest BCUT2D eigenvalue weighted by Gasteiger charge is 2.36. The zero-order valence-corrected chi connectivity index (χ0v) is 18.6. The summed E-state index contributed by atoms with van der Waals surface area (Å²) in [5.74, 6) is -34.1. The van der Waals surface area contributed by atoms with E-state index >= 15 is 17.6 Å². The van der Waals surface area contributed by atoms with Gasteiger partial charge in [-0.15, -0.1) is 0 Å². The minimum Gasteiger partial charge on any atom is -0.204 e. The minimum atomic E-state index is -2.75. The Labute approximate surface area is 211 Å². The van der Waals surface area contributed by atoms with Crippen LogP contribution in [-0.2, 0) is 0 Å². The van der Waals surface area contributed by atoms with Gasteiger partial charge in [0.05, 0.1) is 5.56 Å². The second-order valence-electron chi connectivity index (χ2n) is 8.23. The van der Waals surface area contributed by atoms with Crippen LogP contribution in [-0.4, -0.2) is 0 Å². The van der Waals surface area contributed by atoms with Crippen LogP contribution in [0.1, 0.15) is 0 Å². The largest absolute Gasteiger partial charge is 0.204 e. The maximum atomic E-state index is 15.3. The molecule has 0 N–H and O–H groups in total. The fourth-order valence-electron chi connectivity index (χ4n) is 4.44. The lowest BCUT2D eigenvalue weighted by molar-refractivity contribution is 0.416. The Hall–Kier alpha value is -4.36. The summed E-state index contributed by atoms with van der Waals surface area (Å²) in [5.41, 5.74) is -6.68. The van der Waals surface area contributed by atoms with Gasteiger partial charge in [-0.2, -0.15) is 0 Å². The second-order valence-corrected chi connectivity index (χ2v) is 8.23. The van der Waals surface area contributed by atoms with E-state index in [1.54, 1.807) is 0 Å². The second kappa shape index (κ2) is 9.10. The fourth-order valence-corrected chi connectivity index (χ4v) is 4.44. The van der Waals surface area contributed by atoms with Gasteiger partial charge < -0.3 is 0 Å². The van der Waals surface area contributed by atoms with Crippen LogP contribution in [0.5, 0.6) is 0 Å². The third-order valence-electron chi connectivity index (χ3n) is 6.10. The normalized spacial score (nSPS) is 11.8. The van der Waals surface area contributed by atoms with E-state index in [2.05, 4.69) is 0 Å². The molecule has 0 radical (unpaired) electrons. The molecule has 5 aromatic carbocycles. The molecule has 0 spiro atoms. The van der Waals surface area contributed by atoms with Crippen LogP contribution in [0.2, 0.25) is 0 Å². The summed E-state index contributed by atoms with van der Waals surface area (Å²) in [4.78, 5) is 0. The summed E-state index contributed by atoms with van der Waals surface area (Å²) in [6.07, 6.45) is 0. The first-order valence-electron chi connectivity index (χ1n) is 10.5. The summed E-state index contributed by atoms with van der Waals surface area (Å²) in [7, 11) is 0. The average Bonchev–Trinajstić information content (AvgIpc) is 2.92. The number of rotatable bonds is 2. The summed E-state index contributed by atoms with van der Waals surface area (Å²) >= 11 is 0. The standard InChI is InChI=1S/C26H4F14/c27-6-2-1-5(3-7(6)28)10-12-14(21(35)25(39)23(37)19(12)33)11(16-17(31)8(29)4-9(30)18(16)32)15-13(10)20(34)24(38)26(40)22(15)36/h1-4H. The van der Waals surface area contributed by atoms with Crippen LogP contribution in [0, 0.1) is 81.4 Å². The molecule has 0 amide bonds. The van der Waals surface area contributed by atoms with Crippen molar-refractivity contribution in [3.8, 4) is 22.3 Å². The molecular formula is C26H4F14. The van der Waals surface area contributed by atoms with Crippen LogP contribution in [0.3, 0.4) is 0 Å². The Morgan fingerprint density at radius 3 is 1.02 bits per heavy atom. The molecular weight excluding hydrogens is 578 g/mol. The third kappa shape index (κ3) is 3.54. The van der Waals surface area contributed by atoms with Crippen molar-refractivity contribution in [3.63, 3.8) is 0 Å². The van der Waals surface area contributed by atoms with Gasteiger partial charge in [0.1, 0.15) is 0 Å². The zero-order valence-electron chi connectivity index (χ0n) is 18.6. The van der Waals surface area contributed by atoms with Crippen LogP contribution in [0.4, 0.5) is 61.5 Å². The molecule has 0 nitrogen and oxygen atoms in total. The molecule has 0 unspecified atom stereocenters. The van der Waals surface area contributed by atoms with Crippen molar-refractivity contribution in [3.05, 3.63) is 106 Å². The highest BCUT2D eigenvalue weighted by Crippen LogP contribution is 2.50. The summed E-state index contributed by atoms with van der Waals surface area (Å²) in [5, 5.41) is -7.48. The molecule has 0 atom stereocenters. The van der Waals surface area contributed by atoms with Crippen molar-refractivity contribution in [2.24, 2.45) is 0 Å². The lowest BCUT2D eigenvalue weighted by Gasteiger charge is -2.21. The number of halogens is 14. The zero-order chi connectivity index (χ0) is 29.5. The molecule has 0 aromatic heterocycles. The van der Waals surface area contributed by atoms with Crippen molar-refractivity contribution in [2.45, 2.75) is 0 Å². The Bertz CT molecular complexity index is 1840. The summed E-state index contributed by atoms with van der Waals surface area (Å²) in [6.45, 7) is 0. The fraction of sp³-hybridized carbons (Fsp3) is 0. The van der Waals surface area contributed by atoms with Gasteiger partial charge in [0.25, 0.3) is 0 Å². The van der Waals surface area contributed by atoms with E-state index in [9.17, 15) is 43.9 Å². The smallest absolute Gasteiger partial charge is 0.198 e. The highest BCUT2D eigenvalue weighted by atomic mass is 19.2. The minimum absolute atomic E-state index is 0.101. The first kappa shape index (κ1) is 27.2. The Balaban J connectivity index is 2.29. The Kier molecular flexibility index (Phi) is 6.19. The van der Waals surface area contributed by atoms with Crippen molar-refractivity contribution < 1.29 is 61.5 Å². The van der Waals surface area contributed by atoms with Gasteiger partial charge in [-0.1, -0.05) is 6.07 Å². The molecule has 0 heterocycles. The number of benzene rings is 5. The van der Waals surface area contributed by atoms with E-state index < -0.39 is 131 Å². The van der Waals surface area contributed by atoms with Gasteiger partial charge in [-0.05, 0) is 17.7 Å². The van der Waals surface area contributed by atoms with E-state index in [-0.39, 0.29) is 12.1 Å². The van der Waals surface area contributed by atoms with Gasteiger partial charge in [0.15, 0.2) is 81.4 Å². The van der Waals surface area contributed by atoms with Crippen molar-refractivity contribution in [2.75, 3.05) is 0 Å². The molecule has 206 valence electrons. The molecule has 0 aliphatic rings. The third-order valence-corrected chi connectivity index (χ3v) is 6.10. The molecule has 0 saturated carbocycles. The first-order valence-corrected chi connectivity index (χ1v) is 10.5. The van der Waals surface area contributed by atoms with Gasteiger partial charge in [-0.3, -0.25) is 0 Å². The van der Waals surface area contributed by atoms with E-state index in [1.807, 2.05) is 0 Å². The van der Waals surface area contributed by atoms with Crippen molar-refractivity contribution in [1.82, 2.24) is 0 Å². The molecule has 5 aromatic rings. The van der Waals surface area contributed by atoms with Gasteiger partial charge in [-0.25, -0.2) is 61.5 Å². The highest BCUT2D eigenvalue weighted by molar-refractivity contribution is 6.22. The number of fused-ring (bicyclic) bond motifs is 2. The molecule has 5 rings (SSSR count). The molecule has 0 saturated heterocycles. The van der Waals surface area contributed by atoms with Crippen LogP contribution < -0.4 is 0 Å². The van der Waals surface area contributed by atoms with E-state index in [0.29, 0.717) is 6.07 Å². The quantitative estimate of drug-likeness (QED) is 0.0843. The molecule has 14 heteroatoms. The molecule has 0 aliphatic carbocycles. The SMILES string of the molecule is Fc1ccc(-c2c3c(F)c(F)c(F)c(F)c3c(-c3c(F)c(F)cc(F)c3F)c3c(F)c(F)c(F)c(F)c23)cc1F. The number of hydrogen-bond donors (Lipinski definition) is 0. The lowest BCUT2D eigenvalue weighted by Crippen LogP contribution is -2.09. The molecule has 40 heavy (non-hydrogen) atoms. The predicted molar refractivity (Wildman–Crippen MR) is 112 cm³/mol. The monoisotopic (exact) mass is 582 g/mol. The molecule has 0 fully saturated rings. The predicted octanol–water partition coefficient (Wildman–Crippen LogP) is 9.27. The van der Waals surface area contributed by atoms with Crippen molar-refractivity contribution in [1.29, 1.82) is 0 Å². The van der Waals surface area contributed by atoms with Gasteiger partial charge in [0, 0.05) is 38.7 Å². The van der Waals surface area contributed by atoms with Crippen LogP contribution in [0.15, 0.2) is 24.3 Å². The van der Waals surface area contributed by atoms with Crippen LogP contribution in [0.25, 0.3) is 43.8 Å². The molecule has 0 bridgehead atoms.